The Morgan fingerprint density at radius 1 is 1.27 bits per heavy atom. The summed E-state index contributed by atoms with van der Waals surface area (Å²) in [5.41, 5.74) is -0.853. The van der Waals surface area contributed by atoms with E-state index in [0.717, 1.165) is 25.9 Å². The maximum Gasteiger partial charge on any atom is 0.509 e. The smallest absolute Gasteiger partial charge is 0.429 e. The first-order valence-electron chi connectivity index (χ1n) is 5.43. The molecule has 4 heteroatoms. The third kappa shape index (κ3) is 4.51. The molecule has 15 heavy (non-hydrogen) atoms. The van der Waals surface area contributed by atoms with Crippen LogP contribution in [0.1, 0.15) is 40.5 Å². The standard InChI is InChI=1S/C11H21NO3/c1-10(2,3)14-9(13)15-11(4)5-7-12-8-6-11/h12H,5-8H2,1-4H3. The molecular formula is C11H21NO3. The van der Waals surface area contributed by atoms with Crippen molar-refractivity contribution < 1.29 is 14.3 Å². The molecule has 1 aliphatic rings. The molecule has 88 valence electrons. The van der Waals surface area contributed by atoms with Crippen LogP contribution in [0.4, 0.5) is 4.79 Å². The van der Waals surface area contributed by atoms with Crippen LogP contribution in [0.15, 0.2) is 0 Å². The summed E-state index contributed by atoms with van der Waals surface area (Å²) in [7, 11) is 0. The third-order valence-corrected chi connectivity index (χ3v) is 2.38. The largest absolute Gasteiger partial charge is 0.509 e. The first kappa shape index (κ1) is 12.3. The zero-order valence-corrected chi connectivity index (χ0v) is 10.1. The van der Waals surface area contributed by atoms with Crippen molar-refractivity contribution in [3.05, 3.63) is 0 Å². The summed E-state index contributed by atoms with van der Waals surface area (Å²) in [4.78, 5) is 11.5. The van der Waals surface area contributed by atoms with Crippen molar-refractivity contribution in [3.8, 4) is 0 Å². The zero-order valence-electron chi connectivity index (χ0n) is 10.1. The molecule has 0 unspecified atom stereocenters. The molecule has 0 spiro atoms. The fourth-order valence-corrected chi connectivity index (χ4v) is 1.53. The molecule has 0 aromatic rings. The molecule has 1 saturated heterocycles. The first-order chi connectivity index (χ1) is 6.81. The summed E-state index contributed by atoms with van der Waals surface area (Å²) in [6, 6.07) is 0. The SMILES string of the molecule is CC(C)(C)OC(=O)OC1(C)CCNCC1. The van der Waals surface area contributed by atoms with Gasteiger partial charge in [-0.15, -0.1) is 0 Å². The molecule has 0 amide bonds. The molecule has 1 rings (SSSR count). The number of nitrogens with one attached hydrogen (secondary N) is 1. The number of rotatable bonds is 1. The Labute approximate surface area is 91.3 Å². The van der Waals surface area contributed by atoms with Gasteiger partial charge in [0.15, 0.2) is 0 Å². The average Bonchev–Trinajstić information content (AvgIpc) is 1.99. The van der Waals surface area contributed by atoms with E-state index in [1.165, 1.54) is 0 Å². The fourth-order valence-electron chi connectivity index (χ4n) is 1.53. The van der Waals surface area contributed by atoms with Crippen molar-refractivity contribution in [3.63, 3.8) is 0 Å². The van der Waals surface area contributed by atoms with Crippen molar-refractivity contribution in [1.82, 2.24) is 5.32 Å². The third-order valence-electron chi connectivity index (χ3n) is 2.38. The number of hydrogen-bond acceptors (Lipinski definition) is 4. The lowest BCUT2D eigenvalue weighted by Gasteiger charge is -2.34. The summed E-state index contributed by atoms with van der Waals surface area (Å²) >= 11 is 0. The van der Waals surface area contributed by atoms with E-state index in [2.05, 4.69) is 5.32 Å². The maximum atomic E-state index is 11.5. The molecule has 4 nitrogen and oxygen atoms in total. The summed E-state index contributed by atoms with van der Waals surface area (Å²) in [6.07, 6.45) is 1.12. The van der Waals surface area contributed by atoms with Crippen molar-refractivity contribution in [2.24, 2.45) is 0 Å². The average molecular weight is 215 g/mol. The Morgan fingerprint density at radius 3 is 2.27 bits per heavy atom. The first-order valence-corrected chi connectivity index (χ1v) is 5.43. The van der Waals surface area contributed by atoms with E-state index in [1.54, 1.807) is 0 Å². The van der Waals surface area contributed by atoms with Gasteiger partial charge in [-0.3, -0.25) is 0 Å². The van der Waals surface area contributed by atoms with Gasteiger partial charge in [0.25, 0.3) is 0 Å². The van der Waals surface area contributed by atoms with Crippen molar-refractivity contribution in [2.45, 2.75) is 51.7 Å². The lowest BCUT2D eigenvalue weighted by atomic mass is 9.95. The second-order valence-corrected chi connectivity index (χ2v) is 5.27. The molecule has 0 saturated carbocycles. The Kier molecular flexibility index (Phi) is 3.60. The minimum Gasteiger partial charge on any atom is -0.429 e. The van der Waals surface area contributed by atoms with Crippen LogP contribution in [-0.2, 0) is 9.47 Å². The molecule has 0 aromatic heterocycles. The van der Waals surface area contributed by atoms with Crippen molar-refractivity contribution in [2.75, 3.05) is 13.1 Å². The molecule has 0 aromatic carbocycles. The van der Waals surface area contributed by atoms with Crippen molar-refractivity contribution >= 4 is 6.16 Å². The van der Waals surface area contributed by atoms with E-state index >= 15 is 0 Å². The second-order valence-electron chi connectivity index (χ2n) is 5.27. The van der Waals surface area contributed by atoms with Gasteiger partial charge in [0.05, 0.1) is 0 Å². The summed E-state index contributed by atoms with van der Waals surface area (Å²) in [5, 5.41) is 3.23. The van der Waals surface area contributed by atoms with E-state index in [4.69, 9.17) is 9.47 Å². The van der Waals surface area contributed by atoms with Crippen LogP contribution in [0.25, 0.3) is 0 Å². The lowest BCUT2D eigenvalue weighted by Crippen LogP contribution is -2.43. The summed E-state index contributed by atoms with van der Waals surface area (Å²) in [5.74, 6) is 0. The van der Waals surface area contributed by atoms with Crippen LogP contribution in [-0.4, -0.2) is 30.4 Å². The number of hydrogen-bond donors (Lipinski definition) is 1. The normalized spacial score (nSPS) is 20.8. The molecular weight excluding hydrogens is 194 g/mol. The highest BCUT2D eigenvalue weighted by molar-refractivity contribution is 5.61. The lowest BCUT2D eigenvalue weighted by molar-refractivity contribution is -0.0693. The van der Waals surface area contributed by atoms with Gasteiger partial charge in [-0.25, -0.2) is 4.79 Å². The van der Waals surface area contributed by atoms with Gasteiger partial charge in [-0.2, -0.15) is 0 Å². The highest BCUT2D eigenvalue weighted by Gasteiger charge is 2.32. The van der Waals surface area contributed by atoms with Crippen LogP contribution in [0, 0.1) is 0 Å². The van der Waals surface area contributed by atoms with Crippen LogP contribution < -0.4 is 5.32 Å². The van der Waals surface area contributed by atoms with Gasteiger partial charge >= 0.3 is 6.16 Å². The Bertz CT molecular complexity index is 226. The van der Waals surface area contributed by atoms with Crippen LogP contribution in [0.5, 0.6) is 0 Å². The number of carbonyl (C=O) groups excluding carboxylic acids is 1. The van der Waals surface area contributed by atoms with Crippen LogP contribution in [0.3, 0.4) is 0 Å². The van der Waals surface area contributed by atoms with E-state index in [-0.39, 0.29) is 5.60 Å². The van der Waals surface area contributed by atoms with E-state index in [1.807, 2.05) is 27.7 Å². The monoisotopic (exact) mass is 215 g/mol. The van der Waals surface area contributed by atoms with Gasteiger partial charge in [0.1, 0.15) is 11.2 Å². The molecule has 0 bridgehead atoms. The summed E-state index contributed by atoms with van der Waals surface area (Å²) < 4.78 is 10.5. The minimum atomic E-state index is -0.563. The van der Waals surface area contributed by atoms with Gasteiger partial charge in [0, 0.05) is 0 Å². The predicted molar refractivity (Wildman–Crippen MR) is 57.8 cm³/mol. The highest BCUT2D eigenvalue weighted by Crippen LogP contribution is 2.23. The molecule has 1 fully saturated rings. The number of carbonyl (C=O) groups is 1. The van der Waals surface area contributed by atoms with E-state index in [0.29, 0.717) is 0 Å². The fraction of sp³-hybridized carbons (Fsp3) is 0.909. The zero-order chi connectivity index (χ0) is 11.5. The van der Waals surface area contributed by atoms with Crippen LogP contribution in [0.2, 0.25) is 0 Å². The molecule has 1 N–H and O–H groups in total. The van der Waals surface area contributed by atoms with Gasteiger partial charge in [-0.05, 0) is 53.6 Å². The topological polar surface area (TPSA) is 47.6 Å². The Hall–Kier alpha value is -0.770. The molecule has 1 heterocycles. The Balaban J connectivity index is 2.42. The molecule has 0 aliphatic carbocycles. The second kappa shape index (κ2) is 4.39. The van der Waals surface area contributed by atoms with E-state index in [9.17, 15) is 4.79 Å². The van der Waals surface area contributed by atoms with Crippen LogP contribution >= 0.6 is 0 Å². The molecule has 0 atom stereocenters. The number of piperidine rings is 1. The van der Waals surface area contributed by atoms with Gasteiger partial charge < -0.3 is 14.8 Å². The highest BCUT2D eigenvalue weighted by atomic mass is 16.7. The summed E-state index contributed by atoms with van der Waals surface area (Å²) in [6.45, 7) is 9.23. The quantitative estimate of drug-likeness (QED) is 0.680. The Morgan fingerprint density at radius 2 is 1.80 bits per heavy atom. The molecule has 0 radical (unpaired) electrons. The maximum absolute atomic E-state index is 11.5. The minimum absolute atomic E-state index is 0.367. The van der Waals surface area contributed by atoms with Gasteiger partial charge in [-0.1, -0.05) is 0 Å². The molecule has 1 aliphatic heterocycles. The number of ether oxygens (including phenoxy) is 2. The van der Waals surface area contributed by atoms with E-state index < -0.39 is 11.8 Å². The predicted octanol–water partition coefficient (Wildman–Crippen LogP) is 2.08. The van der Waals surface area contributed by atoms with Crippen molar-refractivity contribution in [1.29, 1.82) is 0 Å². The van der Waals surface area contributed by atoms with Gasteiger partial charge in [0.2, 0.25) is 0 Å².